The summed E-state index contributed by atoms with van der Waals surface area (Å²) in [5.74, 6) is 0.225. The zero-order valence-corrected chi connectivity index (χ0v) is 12.2. The van der Waals surface area contributed by atoms with Crippen molar-refractivity contribution in [3.8, 4) is 5.88 Å². The number of ether oxygens (including phenoxy) is 1. The molecule has 1 fully saturated rings. The number of nitrogens with zero attached hydrogens (tertiary/aromatic N) is 2. The Labute approximate surface area is 126 Å². The number of fused-ring (bicyclic) bond motifs is 1. The molecule has 1 atom stereocenters. The Hall–Kier alpha value is -1.43. The second-order valence-corrected chi connectivity index (χ2v) is 5.88. The monoisotopic (exact) mass is 316 g/mol. The van der Waals surface area contributed by atoms with Crippen LogP contribution in [0, 0.1) is 5.92 Å². The predicted octanol–water partition coefficient (Wildman–Crippen LogP) is 3.13. The van der Waals surface area contributed by atoms with Crippen LogP contribution in [0.2, 0.25) is 5.15 Å². The van der Waals surface area contributed by atoms with Crippen LogP contribution in [-0.4, -0.2) is 34.9 Å². The van der Waals surface area contributed by atoms with Crippen molar-refractivity contribution in [2.24, 2.45) is 5.92 Å². The van der Waals surface area contributed by atoms with Crippen LogP contribution in [0.3, 0.4) is 0 Å². The summed E-state index contributed by atoms with van der Waals surface area (Å²) in [6.07, 6.45) is -0.385. The first-order valence-corrected chi connectivity index (χ1v) is 7.26. The standard InChI is InChI=1S/C14H15ClF2N2O2/c1-7(8-2-3-8)19-5-9-4-10(15)18-13(12(9)14(19)20)21-6-11(16)17/h4,7-8,11H,2-3,5-6H2,1H3/t7-/m0/s1. The van der Waals surface area contributed by atoms with Gasteiger partial charge in [-0.2, -0.15) is 0 Å². The normalized spacial score (nSPS) is 19.1. The van der Waals surface area contributed by atoms with Crippen LogP contribution < -0.4 is 4.74 Å². The minimum Gasteiger partial charge on any atom is -0.471 e. The van der Waals surface area contributed by atoms with Gasteiger partial charge in [0.1, 0.15) is 10.7 Å². The summed E-state index contributed by atoms with van der Waals surface area (Å²) in [7, 11) is 0. The summed E-state index contributed by atoms with van der Waals surface area (Å²) in [6.45, 7) is 1.64. The number of hydrogen-bond acceptors (Lipinski definition) is 3. The van der Waals surface area contributed by atoms with Gasteiger partial charge < -0.3 is 9.64 Å². The molecular formula is C14H15ClF2N2O2. The topological polar surface area (TPSA) is 42.4 Å². The fraction of sp³-hybridized carbons (Fsp3) is 0.571. The van der Waals surface area contributed by atoms with Gasteiger partial charge in [0.15, 0.2) is 6.61 Å². The molecule has 1 aromatic rings. The number of halogens is 3. The smallest absolute Gasteiger partial charge is 0.272 e. The van der Waals surface area contributed by atoms with Crippen molar-refractivity contribution in [1.82, 2.24) is 9.88 Å². The number of pyridine rings is 1. The van der Waals surface area contributed by atoms with Crippen LogP contribution in [0.5, 0.6) is 5.88 Å². The highest BCUT2D eigenvalue weighted by Crippen LogP contribution is 2.40. The predicted molar refractivity (Wildman–Crippen MR) is 72.8 cm³/mol. The summed E-state index contributed by atoms with van der Waals surface area (Å²) in [5, 5.41) is 0.145. The van der Waals surface area contributed by atoms with E-state index in [0.717, 1.165) is 12.8 Å². The molecule has 0 bridgehead atoms. The van der Waals surface area contributed by atoms with E-state index in [1.807, 2.05) is 6.92 Å². The maximum atomic E-state index is 12.5. The molecule has 0 spiro atoms. The SMILES string of the molecule is C[C@@H](C1CC1)N1Cc2cc(Cl)nc(OCC(F)F)c2C1=O. The molecule has 0 N–H and O–H groups in total. The number of alkyl halides is 2. The fourth-order valence-electron chi connectivity index (χ4n) is 2.70. The number of aromatic nitrogens is 1. The molecule has 1 amide bonds. The van der Waals surface area contributed by atoms with E-state index < -0.39 is 13.0 Å². The van der Waals surface area contributed by atoms with E-state index in [0.29, 0.717) is 18.0 Å². The van der Waals surface area contributed by atoms with Gasteiger partial charge in [0.2, 0.25) is 5.88 Å². The average Bonchev–Trinajstić information content (AvgIpc) is 3.20. The summed E-state index contributed by atoms with van der Waals surface area (Å²) < 4.78 is 29.6. The van der Waals surface area contributed by atoms with Gasteiger partial charge in [-0.15, -0.1) is 0 Å². The molecule has 1 saturated carbocycles. The van der Waals surface area contributed by atoms with E-state index >= 15 is 0 Å². The highest BCUT2D eigenvalue weighted by Gasteiger charge is 2.40. The van der Waals surface area contributed by atoms with E-state index in [1.165, 1.54) is 0 Å². The van der Waals surface area contributed by atoms with E-state index in [2.05, 4.69) is 4.98 Å². The van der Waals surface area contributed by atoms with Crippen molar-refractivity contribution in [1.29, 1.82) is 0 Å². The van der Waals surface area contributed by atoms with E-state index in [4.69, 9.17) is 16.3 Å². The Kier molecular flexibility index (Phi) is 3.73. The van der Waals surface area contributed by atoms with Crippen molar-refractivity contribution in [2.75, 3.05) is 6.61 Å². The van der Waals surface area contributed by atoms with Crippen molar-refractivity contribution < 1.29 is 18.3 Å². The molecule has 4 nitrogen and oxygen atoms in total. The first-order chi connectivity index (χ1) is 9.97. The maximum absolute atomic E-state index is 12.5. The number of amides is 1. The molecule has 0 radical (unpaired) electrons. The second kappa shape index (κ2) is 5.40. The van der Waals surface area contributed by atoms with E-state index in [1.54, 1.807) is 11.0 Å². The molecule has 114 valence electrons. The number of carbonyl (C=O) groups is 1. The van der Waals surface area contributed by atoms with Crippen molar-refractivity contribution >= 4 is 17.5 Å². The third-order valence-corrected chi connectivity index (χ3v) is 4.19. The van der Waals surface area contributed by atoms with Gasteiger partial charge in [-0.05, 0) is 37.3 Å². The van der Waals surface area contributed by atoms with Crippen LogP contribution in [0.25, 0.3) is 0 Å². The molecule has 0 aromatic carbocycles. The van der Waals surface area contributed by atoms with Crippen LogP contribution >= 0.6 is 11.6 Å². The van der Waals surface area contributed by atoms with Crippen molar-refractivity contribution in [2.45, 2.75) is 38.8 Å². The van der Waals surface area contributed by atoms with Crippen molar-refractivity contribution in [3.05, 3.63) is 22.3 Å². The van der Waals surface area contributed by atoms with Crippen LogP contribution in [-0.2, 0) is 6.54 Å². The first kappa shape index (κ1) is 14.5. The lowest BCUT2D eigenvalue weighted by molar-refractivity contribution is 0.0669. The Bertz CT molecular complexity index is 578. The lowest BCUT2D eigenvalue weighted by Crippen LogP contribution is -2.34. The maximum Gasteiger partial charge on any atom is 0.272 e. The third-order valence-electron chi connectivity index (χ3n) is 3.99. The Balaban J connectivity index is 1.88. The van der Waals surface area contributed by atoms with Gasteiger partial charge in [0.25, 0.3) is 12.3 Å². The molecule has 1 aliphatic heterocycles. The largest absolute Gasteiger partial charge is 0.471 e. The van der Waals surface area contributed by atoms with Gasteiger partial charge in [-0.3, -0.25) is 4.79 Å². The van der Waals surface area contributed by atoms with Gasteiger partial charge in [0.05, 0.1) is 0 Å². The summed E-state index contributed by atoms with van der Waals surface area (Å²) in [4.78, 5) is 18.2. The molecule has 2 aliphatic rings. The molecule has 3 rings (SSSR count). The summed E-state index contributed by atoms with van der Waals surface area (Å²) >= 11 is 5.89. The molecule has 2 heterocycles. The zero-order valence-electron chi connectivity index (χ0n) is 11.5. The Morgan fingerprint density at radius 1 is 1.52 bits per heavy atom. The summed E-state index contributed by atoms with van der Waals surface area (Å²) in [5.41, 5.74) is 0.962. The molecule has 0 unspecified atom stereocenters. The number of carbonyl (C=O) groups excluding carboxylic acids is 1. The van der Waals surface area contributed by atoms with Crippen LogP contribution in [0.4, 0.5) is 8.78 Å². The van der Waals surface area contributed by atoms with Gasteiger partial charge in [-0.25, -0.2) is 13.8 Å². The van der Waals surface area contributed by atoms with Crippen LogP contribution in [0.1, 0.15) is 35.7 Å². The van der Waals surface area contributed by atoms with E-state index in [9.17, 15) is 13.6 Å². The number of hydrogen-bond donors (Lipinski definition) is 0. The highest BCUT2D eigenvalue weighted by atomic mass is 35.5. The zero-order chi connectivity index (χ0) is 15.1. The lowest BCUT2D eigenvalue weighted by Gasteiger charge is -2.23. The van der Waals surface area contributed by atoms with Crippen molar-refractivity contribution in [3.63, 3.8) is 0 Å². The Morgan fingerprint density at radius 3 is 2.86 bits per heavy atom. The molecule has 21 heavy (non-hydrogen) atoms. The Morgan fingerprint density at radius 2 is 2.24 bits per heavy atom. The first-order valence-electron chi connectivity index (χ1n) is 6.88. The van der Waals surface area contributed by atoms with Crippen LogP contribution in [0.15, 0.2) is 6.07 Å². The number of rotatable bonds is 5. The lowest BCUT2D eigenvalue weighted by atomic mass is 10.2. The molecule has 0 saturated heterocycles. The third kappa shape index (κ3) is 2.81. The second-order valence-electron chi connectivity index (χ2n) is 5.50. The minimum atomic E-state index is -2.63. The highest BCUT2D eigenvalue weighted by molar-refractivity contribution is 6.29. The molecule has 1 aliphatic carbocycles. The van der Waals surface area contributed by atoms with E-state index in [-0.39, 0.29) is 28.5 Å². The molecule has 1 aromatic heterocycles. The fourth-order valence-corrected chi connectivity index (χ4v) is 2.91. The molecule has 7 heteroatoms. The quantitative estimate of drug-likeness (QED) is 0.784. The minimum absolute atomic E-state index is 0.0895. The van der Waals surface area contributed by atoms with Gasteiger partial charge >= 0.3 is 0 Å². The average molecular weight is 317 g/mol. The summed E-state index contributed by atoms with van der Waals surface area (Å²) in [6, 6.07) is 1.73. The van der Waals surface area contributed by atoms with Gasteiger partial charge in [0, 0.05) is 12.6 Å². The molecular weight excluding hydrogens is 302 g/mol. The van der Waals surface area contributed by atoms with Gasteiger partial charge in [-0.1, -0.05) is 11.6 Å².